The second-order valence-electron chi connectivity index (χ2n) is 9.79. The fourth-order valence-electron chi connectivity index (χ4n) is 5.38. The van der Waals surface area contributed by atoms with Crippen LogP contribution in [-0.2, 0) is 0 Å². The molecule has 3 aromatic carbocycles. The topological polar surface area (TPSA) is 99.1 Å². The first-order valence-electron chi connectivity index (χ1n) is 13.3. The SMILES string of the molecule is N#Cc1ccnc(-c2ccc(-c3c4ccccc4c(-c4ccc(-c5cc(C#N)ccn5)cn4)c4ccccc34)nc2)c1. The molecule has 0 aliphatic carbocycles. The quantitative estimate of drug-likeness (QED) is 0.211. The molecule has 42 heavy (non-hydrogen) atoms. The fourth-order valence-corrected chi connectivity index (χ4v) is 5.38. The molecule has 6 nitrogen and oxygen atoms in total. The van der Waals surface area contributed by atoms with E-state index in [2.05, 4.69) is 46.4 Å². The summed E-state index contributed by atoms with van der Waals surface area (Å²) < 4.78 is 0. The van der Waals surface area contributed by atoms with E-state index >= 15 is 0 Å². The molecule has 7 aromatic rings. The minimum Gasteiger partial charge on any atom is -0.256 e. The summed E-state index contributed by atoms with van der Waals surface area (Å²) >= 11 is 0. The van der Waals surface area contributed by atoms with Gasteiger partial charge in [-0.1, -0.05) is 48.5 Å². The second-order valence-corrected chi connectivity index (χ2v) is 9.79. The molecule has 0 amide bonds. The van der Waals surface area contributed by atoms with Gasteiger partial charge in [0.25, 0.3) is 0 Å². The Morgan fingerprint density at radius 3 is 1.17 bits per heavy atom. The molecule has 4 heterocycles. The Labute approximate surface area is 241 Å². The van der Waals surface area contributed by atoms with E-state index in [1.807, 2.05) is 60.9 Å². The molecule has 0 bridgehead atoms. The third-order valence-corrected chi connectivity index (χ3v) is 7.34. The molecule has 0 aliphatic rings. The summed E-state index contributed by atoms with van der Waals surface area (Å²) in [5.74, 6) is 0. The third-order valence-electron chi connectivity index (χ3n) is 7.34. The Morgan fingerprint density at radius 1 is 0.429 bits per heavy atom. The Balaban J connectivity index is 1.38. The van der Waals surface area contributed by atoms with Crippen LogP contribution in [0.2, 0.25) is 0 Å². The lowest BCUT2D eigenvalue weighted by molar-refractivity contribution is 1.27. The van der Waals surface area contributed by atoms with E-state index in [-0.39, 0.29) is 0 Å². The Morgan fingerprint density at radius 2 is 0.833 bits per heavy atom. The molecule has 4 aromatic heterocycles. The first-order valence-corrected chi connectivity index (χ1v) is 13.3. The van der Waals surface area contributed by atoms with E-state index < -0.39 is 0 Å². The number of nitrogens with zero attached hydrogens (tertiary/aromatic N) is 6. The van der Waals surface area contributed by atoms with Gasteiger partial charge < -0.3 is 0 Å². The number of fused-ring (bicyclic) bond motifs is 2. The van der Waals surface area contributed by atoms with Gasteiger partial charge in [0.2, 0.25) is 0 Å². The minimum atomic E-state index is 0.560. The summed E-state index contributed by atoms with van der Waals surface area (Å²) in [4.78, 5) is 18.6. The van der Waals surface area contributed by atoms with Crippen molar-refractivity contribution in [3.05, 3.63) is 133 Å². The summed E-state index contributed by atoms with van der Waals surface area (Å²) in [5.41, 5.74) is 8.02. The lowest BCUT2D eigenvalue weighted by Crippen LogP contribution is -1.94. The molecule has 0 saturated heterocycles. The minimum absolute atomic E-state index is 0.560. The van der Waals surface area contributed by atoms with Gasteiger partial charge in [0.05, 0.1) is 46.0 Å². The predicted octanol–water partition coefficient (Wildman–Crippen LogP) is 7.98. The second kappa shape index (κ2) is 10.4. The van der Waals surface area contributed by atoms with E-state index in [4.69, 9.17) is 9.97 Å². The molecular formula is C36H20N6. The molecular weight excluding hydrogens is 516 g/mol. The van der Waals surface area contributed by atoms with Crippen LogP contribution < -0.4 is 0 Å². The maximum Gasteiger partial charge on any atom is 0.0992 e. The van der Waals surface area contributed by atoms with Crippen LogP contribution in [0.5, 0.6) is 0 Å². The van der Waals surface area contributed by atoms with Gasteiger partial charge in [-0.2, -0.15) is 10.5 Å². The van der Waals surface area contributed by atoms with Crippen LogP contribution >= 0.6 is 0 Å². The molecule has 0 radical (unpaired) electrons. The molecule has 0 spiro atoms. The zero-order chi connectivity index (χ0) is 28.5. The lowest BCUT2D eigenvalue weighted by Gasteiger charge is -2.17. The highest BCUT2D eigenvalue weighted by Gasteiger charge is 2.18. The number of aromatic nitrogens is 4. The fraction of sp³-hybridized carbons (Fsp3) is 0. The van der Waals surface area contributed by atoms with Crippen LogP contribution in [-0.4, -0.2) is 19.9 Å². The zero-order valence-electron chi connectivity index (χ0n) is 22.2. The van der Waals surface area contributed by atoms with E-state index in [9.17, 15) is 10.5 Å². The standard InChI is InChI=1S/C36H20N6/c37-19-23-13-15-39-33(17-23)25-9-11-31(41-21-25)35-27-5-1-2-6-28(27)36(30-8-4-3-7-29(30)35)32-12-10-26(22-42-32)34-18-24(20-38)14-16-40-34/h1-18,21-22H. The van der Waals surface area contributed by atoms with E-state index in [0.29, 0.717) is 22.5 Å². The first-order chi connectivity index (χ1) is 20.7. The summed E-state index contributed by atoms with van der Waals surface area (Å²) in [6, 6.07) is 35.9. The summed E-state index contributed by atoms with van der Waals surface area (Å²) in [6.45, 7) is 0. The van der Waals surface area contributed by atoms with Crippen molar-refractivity contribution in [3.8, 4) is 57.2 Å². The Hall–Kier alpha value is -6.24. The number of nitriles is 2. The number of hydrogen-bond donors (Lipinski definition) is 0. The van der Waals surface area contributed by atoms with Crippen molar-refractivity contribution in [1.29, 1.82) is 10.5 Å². The number of rotatable bonds is 4. The summed E-state index contributed by atoms with van der Waals surface area (Å²) in [5, 5.41) is 22.9. The van der Waals surface area contributed by atoms with Gasteiger partial charge in [-0.05, 0) is 70.1 Å². The highest BCUT2D eigenvalue weighted by molar-refractivity contribution is 6.20. The smallest absolute Gasteiger partial charge is 0.0992 e. The predicted molar refractivity (Wildman–Crippen MR) is 164 cm³/mol. The Kier molecular flexibility index (Phi) is 6.13. The van der Waals surface area contributed by atoms with Gasteiger partial charge in [0.1, 0.15) is 0 Å². The lowest BCUT2D eigenvalue weighted by atomic mass is 9.88. The first kappa shape index (κ1) is 24.8. The average Bonchev–Trinajstić information content (AvgIpc) is 3.07. The largest absolute Gasteiger partial charge is 0.256 e. The van der Waals surface area contributed by atoms with Crippen LogP contribution in [0.3, 0.4) is 0 Å². The molecule has 0 N–H and O–H groups in total. The van der Waals surface area contributed by atoms with Crippen LogP contribution in [0.15, 0.2) is 122 Å². The maximum atomic E-state index is 9.28. The summed E-state index contributed by atoms with van der Waals surface area (Å²) in [6.07, 6.45) is 6.90. The van der Waals surface area contributed by atoms with Crippen molar-refractivity contribution in [2.75, 3.05) is 0 Å². The normalized spacial score (nSPS) is 10.8. The van der Waals surface area contributed by atoms with Crippen molar-refractivity contribution >= 4 is 21.5 Å². The van der Waals surface area contributed by atoms with Crippen molar-refractivity contribution in [1.82, 2.24) is 19.9 Å². The third kappa shape index (κ3) is 4.30. The average molecular weight is 537 g/mol. The molecule has 7 rings (SSSR count). The molecule has 0 unspecified atom stereocenters. The zero-order valence-corrected chi connectivity index (χ0v) is 22.2. The Bertz CT molecular complexity index is 1990. The van der Waals surface area contributed by atoms with Gasteiger partial charge in [0, 0.05) is 47.0 Å². The maximum absolute atomic E-state index is 9.28. The van der Waals surface area contributed by atoms with E-state index in [1.54, 1.807) is 36.7 Å². The van der Waals surface area contributed by atoms with Crippen LogP contribution in [0.4, 0.5) is 0 Å². The van der Waals surface area contributed by atoms with Crippen LogP contribution in [0.25, 0.3) is 66.6 Å². The van der Waals surface area contributed by atoms with Crippen LogP contribution in [0, 0.1) is 22.7 Å². The molecule has 6 heteroatoms. The highest BCUT2D eigenvalue weighted by Crippen LogP contribution is 2.42. The van der Waals surface area contributed by atoms with Crippen molar-refractivity contribution in [3.63, 3.8) is 0 Å². The van der Waals surface area contributed by atoms with Crippen molar-refractivity contribution < 1.29 is 0 Å². The number of benzene rings is 3. The molecule has 194 valence electrons. The van der Waals surface area contributed by atoms with Crippen molar-refractivity contribution in [2.24, 2.45) is 0 Å². The van der Waals surface area contributed by atoms with Gasteiger partial charge in [-0.3, -0.25) is 19.9 Å². The van der Waals surface area contributed by atoms with Gasteiger partial charge in [-0.25, -0.2) is 0 Å². The van der Waals surface area contributed by atoms with Gasteiger partial charge >= 0.3 is 0 Å². The van der Waals surface area contributed by atoms with Crippen LogP contribution in [0.1, 0.15) is 11.1 Å². The number of hydrogen-bond acceptors (Lipinski definition) is 6. The molecule has 0 saturated carbocycles. The molecule has 0 atom stereocenters. The van der Waals surface area contributed by atoms with Gasteiger partial charge in [0.15, 0.2) is 0 Å². The monoisotopic (exact) mass is 536 g/mol. The molecule has 0 fully saturated rings. The summed E-state index contributed by atoms with van der Waals surface area (Å²) in [7, 11) is 0. The van der Waals surface area contributed by atoms with Crippen molar-refractivity contribution in [2.45, 2.75) is 0 Å². The highest BCUT2D eigenvalue weighted by atomic mass is 14.7. The van der Waals surface area contributed by atoms with Gasteiger partial charge in [-0.15, -0.1) is 0 Å². The van der Waals surface area contributed by atoms with E-state index in [1.165, 1.54) is 0 Å². The van der Waals surface area contributed by atoms with E-state index in [0.717, 1.165) is 55.2 Å². The molecule has 0 aliphatic heterocycles. The number of pyridine rings is 4.